The van der Waals surface area contributed by atoms with E-state index in [1.165, 1.54) is 24.7 Å². The lowest BCUT2D eigenvalue weighted by atomic mass is 10.1. The molecule has 0 aliphatic heterocycles. The number of carbonyl (C=O) groups is 1. The lowest BCUT2D eigenvalue weighted by Gasteiger charge is -2.02. The molecule has 0 aliphatic carbocycles. The Labute approximate surface area is 77.0 Å². The molecule has 2 heteroatoms. The largest absolute Gasteiger partial charge is 0.349 e. The highest BCUT2D eigenvalue weighted by Crippen LogP contribution is 2.02. The molecule has 0 aromatic heterocycles. The van der Waals surface area contributed by atoms with Crippen LogP contribution in [0.3, 0.4) is 0 Å². The van der Waals surface area contributed by atoms with Crippen LogP contribution in [0.25, 0.3) is 0 Å². The lowest BCUT2D eigenvalue weighted by Crippen LogP contribution is -2.17. The van der Waals surface area contributed by atoms with Crippen molar-refractivity contribution in [2.24, 2.45) is 5.92 Å². The van der Waals surface area contributed by atoms with Crippen LogP contribution in [0.5, 0.6) is 0 Å². The molecule has 0 spiro atoms. The summed E-state index contributed by atoms with van der Waals surface area (Å²) < 4.78 is 0. The first-order valence-electron chi connectivity index (χ1n) is 4.63. The van der Waals surface area contributed by atoms with Crippen molar-refractivity contribution in [1.29, 1.82) is 0 Å². The Balaban J connectivity index is 0. The molecule has 1 amide bonds. The second-order valence-corrected chi connectivity index (χ2v) is 3.34. The number of rotatable bonds is 2. The fourth-order valence-corrected chi connectivity index (χ4v) is 0.289. The van der Waals surface area contributed by atoms with E-state index in [4.69, 9.17) is 0 Å². The lowest BCUT2D eigenvalue weighted by molar-refractivity contribution is -0.126. The van der Waals surface area contributed by atoms with Gasteiger partial charge in [-0.25, -0.2) is 0 Å². The summed E-state index contributed by atoms with van der Waals surface area (Å²) in [5.41, 5.74) is 0. The third kappa shape index (κ3) is 12.2. The summed E-state index contributed by atoms with van der Waals surface area (Å²) in [5, 5.41) is 0. The van der Waals surface area contributed by atoms with Crippen LogP contribution in [0.1, 0.15) is 40.5 Å². The van der Waals surface area contributed by atoms with Crippen molar-refractivity contribution in [3.05, 3.63) is 0 Å². The zero-order valence-corrected chi connectivity index (χ0v) is 9.35. The highest BCUT2D eigenvalue weighted by atomic mass is 16.2. The van der Waals surface area contributed by atoms with Crippen molar-refractivity contribution in [3.8, 4) is 0 Å². The molecule has 0 saturated carbocycles. The van der Waals surface area contributed by atoms with Gasteiger partial charge in [-0.3, -0.25) is 4.79 Å². The summed E-state index contributed by atoms with van der Waals surface area (Å²) in [6.45, 7) is 8.27. The smallest absolute Gasteiger partial charge is 0.218 e. The van der Waals surface area contributed by atoms with E-state index < -0.39 is 0 Å². The maximum atomic E-state index is 10.1. The van der Waals surface area contributed by atoms with Gasteiger partial charge in [-0.05, 0) is 5.92 Å². The van der Waals surface area contributed by atoms with Gasteiger partial charge in [-0.15, -0.1) is 0 Å². The van der Waals surface area contributed by atoms with Crippen molar-refractivity contribution in [1.82, 2.24) is 4.90 Å². The van der Waals surface area contributed by atoms with Gasteiger partial charge in [0, 0.05) is 21.0 Å². The van der Waals surface area contributed by atoms with Crippen LogP contribution in [-0.2, 0) is 4.79 Å². The van der Waals surface area contributed by atoms with Crippen molar-refractivity contribution in [3.63, 3.8) is 0 Å². The van der Waals surface area contributed by atoms with Crippen LogP contribution in [0.15, 0.2) is 0 Å². The molecule has 74 valence electrons. The van der Waals surface area contributed by atoms with Crippen LogP contribution in [0, 0.1) is 5.92 Å². The van der Waals surface area contributed by atoms with E-state index >= 15 is 0 Å². The number of nitrogens with zero attached hydrogens (tertiary/aromatic N) is 1. The van der Waals surface area contributed by atoms with Gasteiger partial charge in [0.2, 0.25) is 5.91 Å². The number of hydrogen-bond donors (Lipinski definition) is 0. The van der Waals surface area contributed by atoms with Crippen LogP contribution in [-0.4, -0.2) is 24.9 Å². The zero-order chi connectivity index (χ0) is 10.1. The summed E-state index contributed by atoms with van der Waals surface area (Å²) in [7, 11) is 3.45. The van der Waals surface area contributed by atoms with Crippen molar-refractivity contribution < 1.29 is 4.79 Å². The van der Waals surface area contributed by atoms with E-state index in [1.54, 1.807) is 14.1 Å². The Morgan fingerprint density at radius 3 is 1.50 bits per heavy atom. The molecule has 0 aromatic carbocycles. The summed E-state index contributed by atoms with van der Waals surface area (Å²) in [5.74, 6) is 1.03. The fourth-order valence-electron chi connectivity index (χ4n) is 0.289. The van der Waals surface area contributed by atoms with E-state index in [-0.39, 0.29) is 5.91 Å². The molecule has 0 fully saturated rings. The van der Waals surface area contributed by atoms with Crippen LogP contribution in [0.4, 0.5) is 0 Å². The highest BCUT2D eigenvalue weighted by molar-refractivity contribution is 5.72. The molecule has 0 aromatic rings. The summed E-state index contributed by atoms with van der Waals surface area (Å²) in [6, 6.07) is 0. The topological polar surface area (TPSA) is 20.3 Å². The Kier molecular flexibility index (Phi) is 10.0. The monoisotopic (exact) mass is 173 g/mol. The average molecular weight is 173 g/mol. The van der Waals surface area contributed by atoms with Crippen LogP contribution in [0.2, 0.25) is 0 Å². The highest BCUT2D eigenvalue weighted by Gasteiger charge is 1.88. The van der Waals surface area contributed by atoms with E-state index in [9.17, 15) is 4.79 Å². The first kappa shape index (κ1) is 14.0. The normalized spacial score (nSPS) is 8.92. The molecule has 0 heterocycles. The molecule has 0 unspecified atom stereocenters. The Hall–Kier alpha value is -0.530. The molecule has 12 heavy (non-hydrogen) atoms. The summed E-state index contributed by atoms with van der Waals surface area (Å²) in [4.78, 5) is 11.6. The maximum Gasteiger partial charge on any atom is 0.218 e. The summed E-state index contributed by atoms with van der Waals surface area (Å²) in [6.07, 6.45) is 2.66. The van der Waals surface area contributed by atoms with Gasteiger partial charge < -0.3 is 4.90 Å². The van der Waals surface area contributed by atoms with Gasteiger partial charge in [-0.2, -0.15) is 0 Å². The van der Waals surface area contributed by atoms with Crippen LogP contribution >= 0.6 is 0 Å². The summed E-state index contributed by atoms with van der Waals surface area (Å²) >= 11 is 0. The van der Waals surface area contributed by atoms with Gasteiger partial charge in [0.05, 0.1) is 0 Å². The van der Waals surface area contributed by atoms with Crippen molar-refractivity contribution in [2.45, 2.75) is 40.5 Å². The predicted octanol–water partition coefficient (Wildman–Crippen LogP) is 2.54. The molecular weight excluding hydrogens is 150 g/mol. The first-order valence-corrected chi connectivity index (χ1v) is 4.63. The van der Waals surface area contributed by atoms with Gasteiger partial charge in [0.25, 0.3) is 0 Å². The first-order chi connectivity index (χ1) is 5.45. The molecule has 2 nitrogen and oxygen atoms in total. The zero-order valence-electron chi connectivity index (χ0n) is 9.35. The molecule has 0 bridgehead atoms. The Bertz CT molecular complexity index is 106. The third-order valence-corrected chi connectivity index (χ3v) is 2.02. The standard InChI is InChI=1S/C6H14.C4H9NO/c1-4-6(3)5-2;1-4(6)5(2)3/h6H,4-5H2,1-3H3;1-3H3. The minimum Gasteiger partial charge on any atom is -0.349 e. The van der Waals surface area contributed by atoms with Crippen molar-refractivity contribution >= 4 is 5.91 Å². The van der Waals surface area contributed by atoms with Crippen LogP contribution < -0.4 is 0 Å². The van der Waals surface area contributed by atoms with E-state index in [0.717, 1.165) is 5.92 Å². The van der Waals surface area contributed by atoms with E-state index in [2.05, 4.69) is 20.8 Å². The minimum atomic E-state index is 0.0926. The Morgan fingerprint density at radius 1 is 1.25 bits per heavy atom. The van der Waals surface area contributed by atoms with Gasteiger partial charge in [-0.1, -0.05) is 33.6 Å². The molecule has 0 N–H and O–H groups in total. The second-order valence-electron chi connectivity index (χ2n) is 3.34. The minimum absolute atomic E-state index is 0.0926. The van der Waals surface area contributed by atoms with Gasteiger partial charge in [0.15, 0.2) is 0 Å². The molecule has 0 saturated heterocycles. The number of amides is 1. The molecule has 0 radical (unpaired) electrons. The maximum absolute atomic E-state index is 10.1. The fraction of sp³-hybridized carbons (Fsp3) is 0.900. The molecular formula is C10H23NO. The Morgan fingerprint density at radius 2 is 1.50 bits per heavy atom. The SMILES string of the molecule is CC(=O)N(C)C.CCC(C)CC. The predicted molar refractivity (Wildman–Crippen MR) is 54.1 cm³/mol. The van der Waals surface area contributed by atoms with E-state index in [1.807, 2.05) is 0 Å². The average Bonchev–Trinajstić information content (AvgIpc) is 2.04. The molecule has 0 aliphatic rings. The molecule has 0 rings (SSSR count). The van der Waals surface area contributed by atoms with Gasteiger partial charge >= 0.3 is 0 Å². The quantitative estimate of drug-likeness (QED) is 0.628. The van der Waals surface area contributed by atoms with E-state index in [0.29, 0.717) is 0 Å². The third-order valence-electron chi connectivity index (χ3n) is 2.02. The second kappa shape index (κ2) is 8.57. The van der Waals surface area contributed by atoms with Gasteiger partial charge in [0.1, 0.15) is 0 Å². The number of carbonyl (C=O) groups excluding carboxylic acids is 1. The molecule has 0 atom stereocenters. The van der Waals surface area contributed by atoms with Crippen molar-refractivity contribution in [2.75, 3.05) is 14.1 Å². The number of hydrogen-bond acceptors (Lipinski definition) is 1.